The molecule has 0 saturated carbocycles. The summed E-state index contributed by atoms with van der Waals surface area (Å²) in [4.78, 5) is 30.8. The van der Waals surface area contributed by atoms with Gasteiger partial charge in [0.15, 0.2) is 0 Å². The van der Waals surface area contributed by atoms with Gasteiger partial charge in [0.05, 0.1) is 0 Å². The van der Waals surface area contributed by atoms with E-state index in [1.54, 1.807) is 17.0 Å². The van der Waals surface area contributed by atoms with Crippen LogP contribution in [0.4, 0.5) is 5.69 Å². The number of nitrogens with zero attached hydrogens (tertiary/aromatic N) is 2. The second-order valence-electron chi connectivity index (χ2n) is 5.62. The van der Waals surface area contributed by atoms with Gasteiger partial charge in [-0.1, -0.05) is 24.3 Å². The summed E-state index contributed by atoms with van der Waals surface area (Å²) in [5.74, 6) is -0.425. The maximum absolute atomic E-state index is 12.9. The molecule has 1 aliphatic heterocycles. The Kier molecular flexibility index (Phi) is 4.70. The average Bonchev–Trinajstić information content (AvgIpc) is 2.65. The number of anilines is 1. The van der Waals surface area contributed by atoms with Crippen LogP contribution >= 0.6 is 0 Å². The van der Waals surface area contributed by atoms with E-state index in [-0.39, 0.29) is 17.5 Å². The van der Waals surface area contributed by atoms with Crippen LogP contribution in [0.5, 0.6) is 0 Å². The van der Waals surface area contributed by atoms with Gasteiger partial charge in [-0.05, 0) is 36.6 Å². The van der Waals surface area contributed by atoms with Gasteiger partial charge in [0.25, 0.3) is 11.8 Å². The number of carbonyl (C=O) groups is 2. The summed E-state index contributed by atoms with van der Waals surface area (Å²) >= 11 is 0. The van der Waals surface area contributed by atoms with E-state index in [0.29, 0.717) is 18.7 Å². The molecule has 24 heavy (non-hydrogen) atoms. The second kappa shape index (κ2) is 7.08. The van der Waals surface area contributed by atoms with Gasteiger partial charge in [-0.25, -0.2) is 0 Å². The van der Waals surface area contributed by atoms with E-state index in [1.807, 2.05) is 24.3 Å². The van der Waals surface area contributed by atoms with Crippen LogP contribution < -0.4 is 10.2 Å². The van der Waals surface area contributed by atoms with Gasteiger partial charge in [-0.2, -0.15) is 0 Å². The van der Waals surface area contributed by atoms with Crippen LogP contribution in [-0.2, 0) is 6.42 Å². The molecular formula is C19H19N3O2. The van der Waals surface area contributed by atoms with Gasteiger partial charge in [-0.15, -0.1) is 6.58 Å². The van der Waals surface area contributed by atoms with Gasteiger partial charge >= 0.3 is 0 Å². The Labute approximate surface area is 141 Å². The van der Waals surface area contributed by atoms with Gasteiger partial charge in [-0.3, -0.25) is 14.6 Å². The van der Waals surface area contributed by atoms with Crippen molar-refractivity contribution in [1.29, 1.82) is 0 Å². The average molecular weight is 321 g/mol. The fraction of sp³-hybridized carbons (Fsp3) is 0.211. The number of nitrogens with one attached hydrogen (secondary N) is 1. The van der Waals surface area contributed by atoms with Crippen molar-refractivity contribution >= 4 is 17.5 Å². The van der Waals surface area contributed by atoms with Gasteiger partial charge in [0, 0.05) is 30.5 Å². The molecule has 5 nitrogen and oxygen atoms in total. The smallest absolute Gasteiger partial charge is 0.276 e. The number of fused-ring (bicyclic) bond motifs is 1. The molecule has 5 heteroatoms. The molecule has 0 saturated heterocycles. The molecule has 122 valence electrons. The number of aromatic nitrogens is 1. The number of hydrogen-bond acceptors (Lipinski definition) is 3. The molecular weight excluding hydrogens is 302 g/mol. The van der Waals surface area contributed by atoms with E-state index >= 15 is 0 Å². The molecule has 2 aromatic rings. The molecule has 1 aromatic carbocycles. The van der Waals surface area contributed by atoms with Crippen LogP contribution in [0.15, 0.2) is 55.3 Å². The van der Waals surface area contributed by atoms with E-state index in [2.05, 4.69) is 16.9 Å². The van der Waals surface area contributed by atoms with Crippen LogP contribution in [0.3, 0.4) is 0 Å². The fourth-order valence-corrected chi connectivity index (χ4v) is 2.84. The lowest BCUT2D eigenvalue weighted by molar-refractivity contribution is 0.0958. The molecule has 2 heterocycles. The predicted molar refractivity (Wildman–Crippen MR) is 93.2 cm³/mol. The third-order valence-corrected chi connectivity index (χ3v) is 4.00. The normalized spacial score (nSPS) is 13.1. The molecule has 0 radical (unpaired) electrons. The minimum absolute atomic E-state index is 0.180. The summed E-state index contributed by atoms with van der Waals surface area (Å²) < 4.78 is 0. The number of carbonyl (C=O) groups excluding carboxylic acids is 2. The minimum atomic E-state index is -0.245. The van der Waals surface area contributed by atoms with Gasteiger partial charge < -0.3 is 10.2 Å². The van der Waals surface area contributed by atoms with E-state index < -0.39 is 0 Å². The SMILES string of the molecule is C=CCNC(=O)c1ccnc(C(=O)N2CCCc3ccccc32)c1. The quantitative estimate of drug-likeness (QED) is 0.881. The lowest BCUT2D eigenvalue weighted by Gasteiger charge is -2.29. The predicted octanol–water partition coefficient (Wildman–Crippen LogP) is 2.59. The number of benzene rings is 1. The Balaban J connectivity index is 1.86. The first-order chi connectivity index (χ1) is 11.7. The van der Waals surface area contributed by atoms with Crippen molar-refractivity contribution in [3.8, 4) is 0 Å². The highest BCUT2D eigenvalue weighted by atomic mass is 16.2. The fourth-order valence-electron chi connectivity index (χ4n) is 2.84. The summed E-state index contributed by atoms with van der Waals surface area (Å²) in [6, 6.07) is 11.0. The number of aryl methyl sites for hydroxylation is 1. The Bertz CT molecular complexity index is 786. The van der Waals surface area contributed by atoms with Crippen molar-refractivity contribution in [2.24, 2.45) is 0 Å². The van der Waals surface area contributed by atoms with Crippen molar-refractivity contribution in [2.45, 2.75) is 12.8 Å². The summed E-state index contributed by atoms with van der Waals surface area (Å²) in [5.41, 5.74) is 2.78. The summed E-state index contributed by atoms with van der Waals surface area (Å²) in [6.45, 7) is 4.60. The highest BCUT2D eigenvalue weighted by Crippen LogP contribution is 2.27. The molecule has 0 unspecified atom stereocenters. The molecule has 0 atom stereocenters. The van der Waals surface area contributed by atoms with Crippen LogP contribution in [0, 0.1) is 0 Å². The molecule has 0 spiro atoms. The van der Waals surface area contributed by atoms with Crippen molar-refractivity contribution in [2.75, 3.05) is 18.0 Å². The molecule has 0 fully saturated rings. The molecule has 1 aliphatic rings. The third kappa shape index (κ3) is 3.20. The summed E-state index contributed by atoms with van der Waals surface area (Å²) in [7, 11) is 0. The van der Waals surface area contributed by atoms with Crippen LogP contribution in [0.1, 0.15) is 32.8 Å². The van der Waals surface area contributed by atoms with E-state index in [4.69, 9.17) is 0 Å². The van der Waals surface area contributed by atoms with E-state index in [0.717, 1.165) is 24.1 Å². The van der Waals surface area contributed by atoms with Crippen molar-refractivity contribution in [3.05, 3.63) is 72.1 Å². The van der Waals surface area contributed by atoms with E-state index in [1.165, 1.54) is 12.3 Å². The van der Waals surface area contributed by atoms with Gasteiger partial charge in [0.1, 0.15) is 5.69 Å². The van der Waals surface area contributed by atoms with Crippen molar-refractivity contribution in [3.63, 3.8) is 0 Å². The number of pyridine rings is 1. The molecule has 1 N–H and O–H groups in total. The highest BCUT2D eigenvalue weighted by Gasteiger charge is 2.24. The maximum atomic E-state index is 12.9. The topological polar surface area (TPSA) is 62.3 Å². The summed E-state index contributed by atoms with van der Waals surface area (Å²) in [6.07, 6.45) is 4.99. The Hall–Kier alpha value is -2.95. The first kappa shape index (κ1) is 15.9. The van der Waals surface area contributed by atoms with Crippen molar-refractivity contribution < 1.29 is 9.59 Å². The van der Waals surface area contributed by atoms with Crippen LogP contribution in [0.2, 0.25) is 0 Å². The Morgan fingerprint density at radius 1 is 1.29 bits per heavy atom. The van der Waals surface area contributed by atoms with Gasteiger partial charge in [0.2, 0.25) is 0 Å². The number of para-hydroxylation sites is 1. The lowest BCUT2D eigenvalue weighted by Crippen LogP contribution is -2.36. The first-order valence-electron chi connectivity index (χ1n) is 7.95. The zero-order valence-electron chi connectivity index (χ0n) is 13.4. The second-order valence-corrected chi connectivity index (χ2v) is 5.62. The Morgan fingerprint density at radius 3 is 2.96 bits per heavy atom. The van der Waals surface area contributed by atoms with Crippen molar-refractivity contribution in [1.82, 2.24) is 10.3 Å². The minimum Gasteiger partial charge on any atom is -0.349 e. The first-order valence-corrected chi connectivity index (χ1v) is 7.95. The van der Waals surface area contributed by atoms with Crippen LogP contribution in [0.25, 0.3) is 0 Å². The molecule has 3 rings (SSSR count). The Morgan fingerprint density at radius 2 is 2.12 bits per heavy atom. The highest BCUT2D eigenvalue weighted by molar-refractivity contribution is 6.07. The molecule has 2 amide bonds. The summed E-state index contributed by atoms with van der Waals surface area (Å²) in [5, 5.41) is 2.70. The third-order valence-electron chi connectivity index (χ3n) is 4.00. The molecule has 0 aliphatic carbocycles. The van der Waals surface area contributed by atoms with Crippen LogP contribution in [-0.4, -0.2) is 29.9 Å². The number of amides is 2. The largest absolute Gasteiger partial charge is 0.349 e. The lowest BCUT2D eigenvalue weighted by atomic mass is 10.0. The molecule has 0 bridgehead atoms. The standard InChI is InChI=1S/C19H19N3O2/c1-2-10-21-18(23)15-9-11-20-16(13-15)19(24)22-12-5-7-14-6-3-4-8-17(14)22/h2-4,6,8-9,11,13H,1,5,7,10,12H2,(H,21,23). The maximum Gasteiger partial charge on any atom is 0.276 e. The monoisotopic (exact) mass is 321 g/mol. The number of hydrogen-bond donors (Lipinski definition) is 1. The molecule has 1 aromatic heterocycles. The zero-order valence-corrected chi connectivity index (χ0v) is 13.4. The van der Waals surface area contributed by atoms with E-state index in [9.17, 15) is 9.59 Å². The number of rotatable bonds is 4. The zero-order chi connectivity index (χ0) is 16.9.